The lowest BCUT2D eigenvalue weighted by Gasteiger charge is -2.14. The minimum Gasteiger partial charge on any atom is -0.376 e. The summed E-state index contributed by atoms with van der Waals surface area (Å²) in [5, 5.41) is 5.72. The van der Waals surface area contributed by atoms with Gasteiger partial charge in [-0.2, -0.15) is 0 Å². The van der Waals surface area contributed by atoms with Gasteiger partial charge in [0.2, 0.25) is 0 Å². The standard InChI is InChI=1S/C14H16F2N2S/c1-14(2,3)12-8-19-13(18-12)7-17-11-6-9(15)4-5-10(11)16/h4-6,8,17H,7H2,1-3H3. The summed E-state index contributed by atoms with van der Waals surface area (Å²) >= 11 is 1.52. The van der Waals surface area contributed by atoms with E-state index in [9.17, 15) is 8.78 Å². The first-order valence-corrected chi connectivity index (χ1v) is 6.88. The van der Waals surface area contributed by atoms with Gasteiger partial charge in [0.15, 0.2) is 0 Å². The Kier molecular flexibility index (Phi) is 3.85. The molecule has 19 heavy (non-hydrogen) atoms. The van der Waals surface area contributed by atoms with Crippen LogP contribution in [0.15, 0.2) is 23.6 Å². The first-order chi connectivity index (χ1) is 8.86. The Hall–Kier alpha value is -1.49. The predicted octanol–water partition coefficient (Wildman–Crippen LogP) is 4.33. The largest absolute Gasteiger partial charge is 0.376 e. The van der Waals surface area contributed by atoms with Crippen molar-refractivity contribution < 1.29 is 8.78 Å². The topological polar surface area (TPSA) is 24.9 Å². The fourth-order valence-corrected chi connectivity index (χ4v) is 2.50. The molecule has 2 rings (SSSR count). The van der Waals surface area contributed by atoms with Crippen molar-refractivity contribution in [3.63, 3.8) is 0 Å². The minimum absolute atomic E-state index is 0.00114. The van der Waals surface area contributed by atoms with E-state index in [-0.39, 0.29) is 11.1 Å². The zero-order chi connectivity index (χ0) is 14.0. The molecule has 1 N–H and O–H groups in total. The van der Waals surface area contributed by atoms with Crippen molar-refractivity contribution >= 4 is 17.0 Å². The SMILES string of the molecule is CC(C)(C)c1csc(CNc2cc(F)ccc2F)n1. The van der Waals surface area contributed by atoms with Crippen molar-refractivity contribution in [3.8, 4) is 0 Å². The van der Waals surface area contributed by atoms with Crippen LogP contribution in [0.3, 0.4) is 0 Å². The first kappa shape index (κ1) is 13.9. The first-order valence-electron chi connectivity index (χ1n) is 6.00. The van der Waals surface area contributed by atoms with E-state index in [1.165, 1.54) is 11.3 Å². The number of nitrogens with one attached hydrogen (secondary N) is 1. The van der Waals surface area contributed by atoms with Crippen LogP contribution < -0.4 is 5.32 Å². The summed E-state index contributed by atoms with van der Waals surface area (Å²) in [6.45, 7) is 6.66. The number of rotatable bonds is 3. The van der Waals surface area contributed by atoms with E-state index in [0.717, 1.165) is 28.9 Å². The molecular weight excluding hydrogens is 266 g/mol. The van der Waals surface area contributed by atoms with Crippen molar-refractivity contribution in [1.82, 2.24) is 4.98 Å². The molecule has 0 bridgehead atoms. The summed E-state index contributed by atoms with van der Waals surface area (Å²) in [5.74, 6) is -0.924. The molecule has 0 spiro atoms. The number of anilines is 1. The van der Waals surface area contributed by atoms with E-state index in [2.05, 4.69) is 31.1 Å². The van der Waals surface area contributed by atoms with Crippen LogP contribution in [0.5, 0.6) is 0 Å². The maximum atomic E-state index is 13.4. The summed E-state index contributed by atoms with van der Waals surface area (Å²) in [5.41, 5.74) is 1.17. The average Bonchev–Trinajstić information content (AvgIpc) is 2.79. The van der Waals surface area contributed by atoms with E-state index >= 15 is 0 Å². The maximum absolute atomic E-state index is 13.4. The van der Waals surface area contributed by atoms with Gasteiger partial charge < -0.3 is 5.32 Å². The van der Waals surface area contributed by atoms with Crippen molar-refractivity contribution in [2.45, 2.75) is 32.7 Å². The Balaban J connectivity index is 2.06. The van der Waals surface area contributed by atoms with Crippen LogP contribution in [0.1, 0.15) is 31.5 Å². The third-order valence-corrected chi connectivity index (χ3v) is 3.53. The van der Waals surface area contributed by atoms with Gasteiger partial charge in [0.1, 0.15) is 16.6 Å². The third kappa shape index (κ3) is 3.50. The quantitative estimate of drug-likeness (QED) is 0.906. The third-order valence-electron chi connectivity index (χ3n) is 2.68. The molecule has 0 unspecified atom stereocenters. The molecule has 0 saturated heterocycles. The fraction of sp³-hybridized carbons (Fsp3) is 0.357. The van der Waals surface area contributed by atoms with Crippen LogP contribution in [0.2, 0.25) is 0 Å². The van der Waals surface area contributed by atoms with Crippen molar-refractivity contribution in [2.75, 3.05) is 5.32 Å². The van der Waals surface area contributed by atoms with Gasteiger partial charge >= 0.3 is 0 Å². The van der Waals surface area contributed by atoms with E-state index < -0.39 is 11.6 Å². The van der Waals surface area contributed by atoms with Gasteiger partial charge in [-0.1, -0.05) is 20.8 Å². The maximum Gasteiger partial charge on any atom is 0.146 e. The number of benzene rings is 1. The lowest BCUT2D eigenvalue weighted by atomic mass is 9.93. The van der Waals surface area contributed by atoms with Gasteiger partial charge in [0.25, 0.3) is 0 Å². The molecule has 1 aromatic carbocycles. The molecule has 102 valence electrons. The van der Waals surface area contributed by atoms with Crippen molar-refractivity contribution in [1.29, 1.82) is 0 Å². The number of hydrogen-bond donors (Lipinski definition) is 1. The highest BCUT2D eigenvalue weighted by molar-refractivity contribution is 7.09. The number of thiazole rings is 1. The highest BCUT2D eigenvalue weighted by atomic mass is 32.1. The molecule has 2 aromatic rings. The van der Waals surface area contributed by atoms with Gasteiger partial charge in [-0.3, -0.25) is 0 Å². The van der Waals surface area contributed by atoms with E-state index in [1.807, 2.05) is 5.38 Å². The Labute approximate surface area is 115 Å². The number of aromatic nitrogens is 1. The molecule has 2 nitrogen and oxygen atoms in total. The summed E-state index contributed by atoms with van der Waals surface area (Å²) in [4.78, 5) is 4.49. The molecule has 0 aliphatic carbocycles. The molecular formula is C14H16F2N2S. The second-order valence-corrected chi connectivity index (χ2v) is 6.30. The summed E-state index contributed by atoms with van der Waals surface area (Å²) < 4.78 is 26.4. The molecule has 0 saturated carbocycles. The summed E-state index contributed by atoms with van der Waals surface area (Å²) in [6, 6.07) is 3.36. The van der Waals surface area contributed by atoms with Crippen LogP contribution in [0, 0.1) is 11.6 Å². The zero-order valence-corrected chi connectivity index (χ0v) is 11.9. The van der Waals surface area contributed by atoms with Crippen molar-refractivity contribution in [3.05, 3.63) is 45.9 Å². The van der Waals surface area contributed by atoms with Gasteiger partial charge in [-0.05, 0) is 18.2 Å². The van der Waals surface area contributed by atoms with E-state index in [1.54, 1.807) is 0 Å². The molecule has 1 heterocycles. The monoisotopic (exact) mass is 282 g/mol. The highest BCUT2D eigenvalue weighted by Crippen LogP contribution is 2.24. The van der Waals surface area contributed by atoms with E-state index in [4.69, 9.17) is 0 Å². The van der Waals surface area contributed by atoms with Crippen LogP contribution in [0.4, 0.5) is 14.5 Å². The summed E-state index contributed by atoms with van der Waals surface area (Å²) in [6.07, 6.45) is 0. The molecule has 5 heteroatoms. The van der Waals surface area contributed by atoms with E-state index in [0.29, 0.717) is 6.54 Å². The second kappa shape index (κ2) is 5.25. The molecule has 0 fully saturated rings. The van der Waals surface area contributed by atoms with Crippen molar-refractivity contribution in [2.24, 2.45) is 0 Å². The van der Waals surface area contributed by atoms with Gasteiger partial charge in [-0.15, -0.1) is 11.3 Å². The Morgan fingerprint density at radius 3 is 2.63 bits per heavy atom. The zero-order valence-electron chi connectivity index (χ0n) is 11.1. The lowest BCUT2D eigenvalue weighted by molar-refractivity contribution is 0.571. The summed E-state index contributed by atoms with van der Waals surface area (Å²) in [7, 11) is 0. The molecule has 0 atom stereocenters. The molecule has 1 aromatic heterocycles. The lowest BCUT2D eigenvalue weighted by Crippen LogP contribution is -2.12. The van der Waals surface area contributed by atoms with Crippen LogP contribution in [-0.4, -0.2) is 4.98 Å². The highest BCUT2D eigenvalue weighted by Gasteiger charge is 2.17. The van der Waals surface area contributed by atoms with Crippen LogP contribution >= 0.6 is 11.3 Å². The number of halogens is 2. The van der Waals surface area contributed by atoms with Crippen LogP contribution in [-0.2, 0) is 12.0 Å². The molecule has 0 amide bonds. The normalized spacial score (nSPS) is 11.6. The molecule has 0 aliphatic heterocycles. The Bertz CT molecular complexity index is 573. The average molecular weight is 282 g/mol. The van der Waals surface area contributed by atoms with Gasteiger partial charge in [0.05, 0.1) is 17.9 Å². The smallest absolute Gasteiger partial charge is 0.146 e. The second-order valence-electron chi connectivity index (χ2n) is 5.35. The van der Waals surface area contributed by atoms with Gasteiger partial charge in [-0.25, -0.2) is 13.8 Å². The number of nitrogens with zero attached hydrogens (tertiary/aromatic N) is 1. The predicted molar refractivity (Wildman–Crippen MR) is 74.5 cm³/mol. The molecule has 0 aliphatic rings. The Morgan fingerprint density at radius 1 is 1.26 bits per heavy atom. The number of hydrogen-bond acceptors (Lipinski definition) is 3. The van der Waals surface area contributed by atoms with Crippen LogP contribution in [0.25, 0.3) is 0 Å². The fourth-order valence-electron chi connectivity index (χ4n) is 1.54. The molecule has 0 radical (unpaired) electrons. The Morgan fingerprint density at radius 2 is 2.00 bits per heavy atom. The minimum atomic E-state index is -0.464. The van der Waals surface area contributed by atoms with Gasteiger partial charge in [0, 0.05) is 10.8 Å².